The van der Waals surface area contributed by atoms with Crippen molar-refractivity contribution >= 4 is 29.3 Å². The minimum Gasteiger partial charge on any atom is -0.454 e. The van der Waals surface area contributed by atoms with E-state index < -0.39 is 16.7 Å². The van der Waals surface area contributed by atoms with Crippen LogP contribution in [0.2, 0.25) is 0 Å². The van der Waals surface area contributed by atoms with Crippen molar-refractivity contribution in [1.29, 1.82) is 0 Å². The van der Waals surface area contributed by atoms with Crippen molar-refractivity contribution in [3.05, 3.63) is 98.7 Å². The molecule has 34 heavy (non-hydrogen) atoms. The maximum Gasteiger partial charge on any atom is 0.272 e. The van der Waals surface area contributed by atoms with Crippen molar-refractivity contribution in [3.8, 4) is 11.5 Å². The molecule has 0 atom stereocenters. The fourth-order valence-electron chi connectivity index (χ4n) is 3.30. The molecule has 0 radical (unpaired) electrons. The second kappa shape index (κ2) is 9.45. The first-order chi connectivity index (χ1) is 16.3. The minimum absolute atomic E-state index is 0.0476. The lowest BCUT2D eigenvalue weighted by Crippen LogP contribution is -2.30. The van der Waals surface area contributed by atoms with Gasteiger partial charge in [0.1, 0.15) is 5.70 Å². The maximum atomic E-state index is 13.1. The number of aryl methyl sites for hydroxylation is 2. The molecule has 172 valence electrons. The predicted molar refractivity (Wildman–Crippen MR) is 126 cm³/mol. The van der Waals surface area contributed by atoms with Crippen LogP contribution in [0.3, 0.4) is 0 Å². The van der Waals surface area contributed by atoms with E-state index in [-0.39, 0.29) is 23.9 Å². The van der Waals surface area contributed by atoms with Crippen LogP contribution in [-0.2, 0) is 4.79 Å². The van der Waals surface area contributed by atoms with E-state index in [0.717, 1.165) is 11.1 Å². The average Bonchev–Trinajstić information content (AvgIpc) is 3.28. The molecule has 2 N–H and O–H groups in total. The van der Waals surface area contributed by atoms with Crippen LogP contribution >= 0.6 is 0 Å². The molecule has 3 aromatic rings. The summed E-state index contributed by atoms with van der Waals surface area (Å²) in [5, 5.41) is 16.3. The van der Waals surface area contributed by atoms with E-state index in [9.17, 15) is 19.7 Å². The summed E-state index contributed by atoms with van der Waals surface area (Å²) in [5.41, 5.74) is 2.96. The van der Waals surface area contributed by atoms with Crippen LogP contribution in [0.4, 0.5) is 11.4 Å². The summed E-state index contributed by atoms with van der Waals surface area (Å²) >= 11 is 0. The topological polar surface area (TPSA) is 120 Å². The number of benzene rings is 3. The molecule has 0 saturated heterocycles. The number of amides is 2. The Morgan fingerprint density at radius 1 is 0.971 bits per heavy atom. The fraction of sp³-hybridized carbons (Fsp3) is 0.120. The molecule has 3 aromatic carbocycles. The molecule has 0 aromatic heterocycles. The lowest BCUT2D eigenvalue weighted by atomic mass is 10.1. The third-order valence-electron chi connectivity index (χ3n) is 5.28. The van der Waals surface area contributed by atoms with Crippen molar-refractivity contribution in [3.63, 3.8) is 0 Å². The van der Waals surface area contributed by atoms with E-state index >= 15 is 0 Å². The number of nitrogens with zero attached hydrogens (tertiary/aromatic N) is 1. The molecule has 1 heterocycles. The van der Waals surface area contributed by atoms with Crippen LogP contribution < -0.4 is 20.1 Å². The normalized spacial score (nSPS) is 12.2. The summed E-state index contributed by atoms with van der Waals surface area (Å²) < 4.78 is 10.7. The van der Waals surface area contributed by atoms with Crippen molar-refractivity contribution in [2.75, 3.05) is 12.1 Å². The van der Waals surface area contributed by atoms with E-state index in [4.69, 9.17) is 9.47 Å². The number of fused-ring (bicyclic) bond motifs is 1. The molecule has 1 aliphatic rings. The number of rotatable bonds is 6. The molecule has 1 aliphatic heterocycles. The summed E-state index contributed by atoms with van der Waals surface area (Å²) in [4.78, 5) is 36.5. The van der Waals surface area contributed by atoms with Crippen LogP contribution in [-0.4, -0.2) is 23.5 Å². The third-order valence-corrected chi connectivity index (χ3v) is 5.28. The van der Waals surface area contributed by atoms with Crippen LogP contribution in [0.25, 0.3) is 6.08 Å². The second-order valence-electron chi connectivity index (χ2n) is 7.69. The van der Waals surface area contributed by atoms with E-state index in [1.165, 1.54) is 30.3 Å². The molecule has 0 spiro atoms. The monoisotopic (exact) mass is 459 g/mol. The Morgan fingerprint density at radius 2 is 1.76 bits per heavy atom. The largest absolute Gasteiger partial charge is 0.454 e. The van der Waals surface area contributed by atoms with Crippen LogP contribution in [0.15, 0.2) is 66.4 Å². The number of carbonyl (C=O) groups is 2. The minimum atomic E-state index is -0.643. The first-order valence-corrected chi connectivity index (χ1v) is 10.4. The lowest BCUT2D eigenvalue weighted by Gasteiger charge is -2.12. The van der Waals surface area contributed by atoms with Crippen molar-refractivity contribution in [1.82, 2.24) is 5.32 Å². The number of hydrogen-bond acceptors (Lipinski definition) is 6. The molecule has 0 aliphatic carbocycles. The maximum absolute atomic E-state index is 13.1. The molecule has 2 amide bonds. The Bertz CT molecular complexity index is 1330. The highest BCUT2D eigenvalue weighted by atomic mass is 16.7. The number of nitro benzene ring substituents is 1. The highest BCUT2D eigenvalue weighted by Gasteiger charge is 2.18. The van der Waals surface area contributed by atoms with Gasteiger partial charge in [-0.2, -0.15) is 0 Å². The third kappa shape index (κ3) is 5.04. The average molecular weight is 459 g/mol. The van der Waals surface area contributed by atoms with Gasteiger partial charge in [-0.25, -0.2) is 0 Å². The quantitative estimate of drug-likeness (QED) is 0.321. The number of anilines is 1. The van der Waals surface area contributed by atoms with Gasteiger partial charge in [-0.05, 0) is 66.9 Å². The highest BCUT2D eigenvalue weighted by molar-refractivity contribution is 6.10. The summed E-state index contributed by atoms with van der Waals surface area (Å²) in [5.74, 6) is -0.00813. The Balaban J connectivity index is 1.64. The second-order valence-corrected chi connectivity index (χ2v) is 7.69. The summed E-state index contributed by atoms with van der Waals surface area (Å²) in [6.07, 6.45) is 1.49. The molecule has 0 bridgehead atoms. The lowest BCUT2D eigenvalue weighted by molar-refractivity contribution is -0.384. The molecular formula is C25H21N3O6. The zero-order chi connectivity index (χ0) is 24.2. The van der Waals surface area contributed by atoms with Gasteiger partial charge >= 0.3 is 0 Å². The molecular weight excluding hydrogens is 438 g/mol. The van der Waals surface area contributed by atoms with Gasteiger partial charge in [0.05, 0.1) is 4.92 Å². The van der Waals surface area contributed by atoms with Gasteiger partial charge in [-0.15, -0.1) is 0 Å². The van der Waals surface area contributed by atoms with E-state index in [1.807, 2.05) is 19.9 Å². The SMILES string of the molecule is Cc1ccc(C(=O)N/C(=C\c2ccc3c(c2)OCO3)C(=O)Nc2cccc([N+](=O)[O-])c2)cc1C. The molecule has 0 saturated carbocycles. The van der Waals surface area contributed by atoms with Crippen LogP contribution in [0.5, 0.6) is 11.5 Å². The number of hydrogen-bond donors (Lipinski definition) is 2. The number of carbonyl (C=O) groups excluding carboxylic acids is 2. The summed E-state index contributed by atoms with van der Waals surface area (Å²) in [6.45, 7) is 3.94. The summed E-state index contributed by atoms with van der Waals surface area (Å²) in [7, 11) is 0. The Hall–Kier alpha value is -4.66. The predicted octanol–water partition coefficient (Wildman–Crippen LogP) is 4.35. The summed E-state index contributed by atoms with van der Waals surface area (Å²) in [6, 6.07) is 15.9. The van der Waals surface area contributed by atoms with E-state index in [2.05, 4.69) is 10.6 Å². The van der Waals surface area contributed by atoms with Gasteiger partial charge in [0.25, 0.3) is 17.5 Å². The zero-order valence-electron chi connectivity index (χ0n) is 18.5. The highest BCUT2D eigenvalue weighted by Crippen LogP contribution is 2.33. The molecule has 9 heteroatoms. The van der Waals surface area contributed by atoms with Crippen LogP contribution in [0.1, 0.15) is 27.0 Å². The number of nitro groups is 1. The Kier molecular flexibility index (Phi) is 6.26. The van der Waals surface area contributed by atoms with E-state index in [1.54, 1.807) is 30.3 Å². The zero-order valence-corrected chi connectivity index (χ0v) is 18.5. The molecule has 9 nitrogen and oxygen atoms in total. The molecule has 0 fully saturated rings. The van der Waals surface area contributed by atoms with Crippen molar-refractivity contribution in [2.24, 2.45) is 0 Å². The van der Waals surface area contributed by atoms with Gasteiger partial charge < -0.3 is 20.1 Å². The van der Waals surface area contributed by atoms with Crippen molar-refractivity contribution < 1.29 is 24.0 Å². The van der Waals surface area contributed by atoms with Gasteiger partial charge in [0.2, 0.25) is 6.79 Å². The van der Waals surface area contributed by atoms with Crippen LogP contribution in [0, 0.1) is 24.0 Å². The number of ether oxygens (including phenoxy) is 2. The van der Waals surface area contributed by atoms with E-state index in [0.29, 0.717) is 22.6 Å². The number of nitrogens with one attached hydrogen (secondary N) is 2. The van der Waals surface area contributed by atoms with Gasteiger partial charge in [-0.3, -0.25) is 19.7 Å². The van der Waals surface area contributed by atoms with Gasteiger partial charge in [0.15, 0.2) is 11.5 Å². The number of non-ortho nitro benzene ring substituents is 1. The smallest absolute Gasteiger partial charge is 0.272 e. The Labute approximate surface area is 195 Å². The molecule has 0 unspecified atom stereocenters. The Morgan fingerprint density at radius 3 is 2.53 bits per heavy atom. The first kappa shape index (κ1) is 22.5. The van der Waals surface area contributed by atoms with Gasteiger partial charge in [-0.1, -0.05) is 18.2 Å². The van der Waals surface area contributed by atoms with Crippen molar-refractivity contribution in [2.45, 2.75) is 13.8 Å². The van der Waals surface area contributed by atoms with Gasteiger partial charge in [0, 0.05) is 23.4 Å². The standard InChI is InChI=1S/C25H21N3O6/c1-15-6-8-18(10-16(15)2)24(29)27-21(11-17-7-9-22-23(12-17)34-14-33-22)25(30)26-19-4-3-5-20(13-19)28(31)32/h3-13H,14H2,1-2H3,(H,26,30)(H,27,29)/b21-11-. The molecule has 4 rings (SSSR count). The fourth-order valence-corrected chi connectivity index (χ4v) is 3.30. The first-order valence-electron chi connectivity index (χ1n) is 10.4.